The van der Waals surface area contributed by atoms with Gasteiger partial charge in [0.1, 0.15) is 5.82 Å². The molecule has 2 atom stereocenters. The van der Waals surface area contributed by atoms with Gasteiger partial charge in [-0.25, -0.2) is 4.98 Å². The van der Waals surface area contributed by atoms with Crippen LogP contribution in [-0.2, 0) is 11.2 Å². The van der Waals surface area contributed by atoms with Crippen LogP contribution in [0, 0.1) is 0 Å². The first kappa shape index (κ1) is 14.3. The van der Waals surface area contributed by atoms with Crippen molar-refractivity contribution >= 4 is 5.91 Å². The molecular formula is C15H20N4O. The summed E-state index contributed by atoms with van der Waals surface area (Å²) >= 11 is 0. The fourth-order valence-corrected chi connectivity index (χ4v) is 2.07. The summed E-state index contributed by atoms with van der Waals surface area (Å²) in [6.45, 7) is 2.00. The number of imidazole rings is 1. The Morgan fingerprint density at radius 3 is 2.75 bits per heavy atom. The van der Waals surface area contributed by atoms with Gasteiger partial charge < -0.3 is 16.0 Å². The van der Waals surface area contributed by atoms with E-state index >= 15 is 0 Å². The van der Waals surface area contributed by atoms with Gasteiger partial charge in [0.05, 0.1) is 12.1 Å². The van der Waals surface area contributed by atoms with Crippen molar-refractivity contribution in [2.45, 2.75) is 31.8 Å². The van der Waals surface area contributed by atoms with Crippen LogP contribution in [0.3, 0.4) is 0 Å². The molecule has 0 spiro atoms. The third-order valence-corrected chi connectivity index (χ3v) is 3.21. The van der Waals surface area contributed by atoms with Crippen LogP contribution >= 0.6 is 0 Å². The van der Waals surface area contributed by atoms with Gasteiger partial charge in [-0.2, -0.15) is 0 Å². The van der Waals surface area contributed by atoms with E-state index in [2.05, 4.69) is 15.3 Å². The molecule has 1 aromatic carbocycles. The Morgan fingerprint density at radius 2 is 2.15 bits per heavy atom. The van der Waals surface area contributed by atoms with Crippen molar-refractivity contribution < 1.29 is 4.79 Å². The van der Waals surface area contributed by atoms with Gasteiger partial charge in [-0.05, 0) is 18.4 Å². The van der Waals surface area contributed by atoms with Gasteiger partial charge >= 0.3 is 0 Å². The zero-order valence-electron chi connectivity index (χ0n) is 11.5. The molecular weight excluding hydrogens is 252 g/mol. The van der Waals surface area contributed by atoms with Crippen LogP contribution in [-0.4, -0.2) is 21.9 Å². The second-order valence-electron chi connectivity index (χ2n) is 4.74. The molecule has 1 heterocycles. The zero-order valence-corrected chi connectivity index (χ0v) is 11.5. The van der Waals surface area contributed by atoms with Crippen molar-refractivity contribution in [1.82, 2.24) is 15.3 Å². The molecule has 5 nitrogen and oxygen atoms in total. The van der Waals surface area contributed by atoms with E-state index in [-0.39, 0.29) is 11.9 Å². The minimum absolute atomic E-state index is 0.126. The van der Waals surface area contributed by atoms with Crippen LogP contribution in [0.2, 0.25) is 0 Å². The average Bonchev–Trinajstić information content (AvgIpc) is 2.99. The van der Waals surface area contributed by atoms with Gasteiger partial charge in [-0.3, -0.25) is 4.79 Å². The molecule has 5 heteroatoms. The molecule has 106 valence electrons. The number of H-pyrrole nitrogens is 1. The molecule has 2 rings (SSSR count). The average molecular weight is 272 g/mol. The SMILES string of the molecule is CCC(NC(=O)[C@@H](N)Cc1ccccc1)c1ncc[nH]1. The molecule has 0 bridgehead atoms. The number of hydrogen-bond acceptors (Lipinski definition) is 3. The number of aromatic nitrogens is 2. The predicted molar refractivity (Wildman–Crippen MR) is 77.9 cm³/mol. The van der Waals surface area contributed by atoms with E-state index < -0.39 is 6.04 Å². The van der Waals surface area contributed by atoms with Gasteiger partial charge in [0, 0.05) is 12.4 Å². The van der Waals surface area contributed by atoms with E-state index in [9.17, 15) is 4.79 Å². The van der Waals surface area contributed by atoms with Crippen molar-refractivity contribution in [1.29, 1.82) is 0 Å². The van der Waals surface area contributed by atoms with Crippen LogP contribution in [0.15, 0.2) is 42.7 Å². The number of carbonyl (C=O) groups is 1. The van der Waals surface area contributed by atoms with Crippen LogP contribution in [0.25, 0.3) is 0 Å². The largest absolute Gasteiger partial charge is 0.347 e. The summed E-state index contributed by atoms with van der Waals surface area (Å²) in [5.41, 5.74) is 7.02. The molecule has 0 aliphatic heterocycles. The van der Waals surface area contributed by atoms with Gasteiger partial charge in [0.15, 0.2) is 0 Å². The molecule has 0 aliphatic carbocycles. The molecule has 20 heavy (non-hydrogen) atoms. The van der Waals surface area contributed by atoms with E-state index in [0.29, 0.717) is 6.42 Å². The van der Waals surface area contributed by atoms with Crippen LogP contribution in [0.5, 0.6) is 0 Å². The van der Waals surface area contributed by atoms with E-state index in [0.717, 1.165) is 17.8 Å². The first-order valence-corrected chi connectivity index (χ1v) is 6.80. The second-order valence-corrected chi connectivity index (χ2v) is 4.74. The van der Waals surface area contributed by atoms with Crippen LogP contribution < -0.4 is 11.1 Å². The highest BCUT2D eigenvalue weighted by Gasteiger charge is 2.19. The van der Waals surface area contributed by atoms with Crippen molar-refractivity contribution in [2.24, 2.45) is 5.73 Å². The standard InChI is InChI=1S/C15H20N4O/c1-2-13(14-17-8-9-18-14)19-15(20)12(16)10-11-6-4-3-5-7-11/h3-9,12-13H,2,10,16H2,1H3,(H,17,18)(H,19,20)/t12-,13?/m0/s1. The van der Waals surface area contributed by atoms with Crippen LogP contribution in [0.4, 0.5) is 0 Å². The lowest BCUT2D eigenvalue weighted by atomic mass is 10.1. The lowest BCUT2D eigenvalue weighted by molar-refractivity contribution is -0.123. The third-order valence-electron chi connectivity index (χ3n) is 3.21. The maximum Gasteiger partial charge on any atom is 0.237 e. The monoisotopic (exact) mass is 272 g/mol. The van der Waals surface area contributed by atoms with Crippen LogP contribution in [0.1, 0.15) is 30.8 Å². The minimum Gasteiger partial charge on any atom is -0.347 e. The summed E-state index contributed by atoms with van der Waals surface area (Å²) in [7, 11) is 0. The van der Waals surface area contributed by atoms with Gasteiger partial charge in [0.2, 0.25) is 5.91 Å². The number of hydrogen-bond donors (Lipinski definition) is 3. The molecule has 1 aromatic heterocycles. The summed E-state index contributed by atoms with van der Waals surface area (Å²) in [5, 5.41) is 2.93. The maximum atomic E-state index is 12.1. The summed E-state index contributed by atoms with van der Waals surface area (Å²) in [6.07, 6.45) is 4.71. The molecule has 2 aromatic rings. The summed E-state index contributed by atoms with van der Waals surface area (Å²) in [6, 6.07) is 9.09. The van der Waals surface area contributed by atoms with Gasteiger partial charge in [-0.1, -0.05) is 37.3 Å². The van der Waals surface area contributed by atoms with Gasteiger partial charge in [-0.15, -0.1) is 0 Å². The Bertz CT molecular complexity index is 524. The molecule has 0 aliphatic rings. The van der Waals surface area contributed by atoms with E-state index in [1.165, 1.54) is 0 Å². The number of nitrogens with one attached hydrogen (secondary N) is 2. The minimum atomic E-state index is -0.554. The number of aromatic amines is 1. The zero-order chi connectivity index (χ0) is 14.4. The number of nitrogens with zero attached hydrogens (tertiary/aromatic N) is 1. The molecule has 0 radical (unpaired) electrons. The number of rotatable bonds is 6. The number of amides is 1. The molecule has 0 fully saturated rings. The molecule has 1 unspecified atom stereocenters. The summed E-state index contributed by atoms with van der Waals surface area (Å²) in [5.74, 6) is 0.602. The Morgan fingerprint density at radius 1 is 1.40 bits per heavy atom. The van der Waals surface area contributed by atoms with E-state index in [4.69, 9.17) is 5.73 Å². The lowest BCUT2D eigenvalue weighted by Crippen LogP contribution is -2.43. The van der Waals surface area contributed by atoms with E-state index in [1.807, 2.05) is 37.3 Å². The first-order chi connectivity index (χ1) is 9.70. The molecule has 4 N–H and O–H groups in total. The fraction of sp³-hybridized carbons (Fsp3) is 0.333. The Balaban J connectivity index is 1.93. The molecule has 1 amide bonds. The summed E-state index contributed by atoms with van der Waals surface area (Å²) < 4.78 is 0. The van der Waals surface area contributed by atoms with Gasteiger partial charge in [0.25, 0.3) is 0 Å². The topological polar surface area (TPSA) is 83.8 Å². The van der Waals surface area contributed by atoms with E-state index in [1.54, 1.807) is 12.4 Å². The number of carbonyl (C=O) groups excluding carboxylic acids is 1. The lowest BCUT2D eigenvalue weighted by Gasteiger charge is -2.18. The van der Waals surface area contributed by atoms with Crippen molar-refractivity contribution in [2.75, 3.05) is 0 Å². The second kappa shape index (κ2) is 6.86. The van der Waals surface area contributed by atoms with Crippen molar-refractivity contribution in [3.05, 3.63) is 54.1 Å². The number of nitrogens with two attached hydrogens (primary N) is 1. The van der Waals surface area contributed by atoms with Crippen molar-refractivity contribution in [3.63, 3.8) is 0 Å². The molecule has 0 saturated carbocycles. The first-order valence-electron chi connectivity index (χ1n) is 6.80. The highest BCUT2D eigenvalue weighted by Crippen LogP contribution is 2.11. The Hall–Kier alpha value is -2.14. The third kappa shape index (κ3) is 3.68. The predicted octanol–water partition coefficient (Wildman–Crippen LogP) is 1.55. The maximum absolute atomic E-state index is 12.1. The molecule has 0 saturated heterocycles. The highest BCUT2D eigenvalue weighted by atomic mass is 16.2. The normalized spacial score (nSPS) is 13.7. The smallest absolute Gasteiger partial charge is 0.237 e. The fourth-order valence-electron chi connectivity index (χ4n) is 2.07. The highest BCUT2D eigenvalue weighted by molar-refractivity contribution is 5.82. The Labute approximate surface area is 118 Å². The Kier molecular flexibility index (Phi) is 4.90. The van der Waals surface area contributed by atoms with Crippen molar-refractivity contribution in [3.8, 4) is 0 Å². The quantitative estimate of drug-likeness (QED) is 0.746. The number of benzene rings is 1. The summed E-state index contributed by atoms with van der Waals surface area (Å²) in [4.78, 5) is 19.3.